The van der Waals surface area contributed by atoms with Gasteiger partial charge < -0.3 is 5.32 Å². The van der Waals surface area contributed by atoms with Gasteiger partial charge in [0.25, 0.3) is 5.91 Å². The van der Waals surface area contributed by atoms with E-state index < -0.39 is 11.3 Å². The van der Waals surface area contributed by atoms with E-state index >= 15 is 0 Å². The normalized spacial score (nSPS) is 24.6. The van der Waals surface area contributed by atoms with Crippen LogP contribution in [0.5, 0.6) is 0 Å². The number of benzene rings is 4. The summed E-state index contributed by atoms with van der Waals surface area (Å²) in [5.74, 6) is -1.37. The van der Waals surface area contributed by atoms with Crippen molar-refractivity contribution in [2.24, 2.45) is 11.3 Å². The van der Waals surface area contributed by atoms with E-state index in [0.717, 1.165) is 27.8 Å². The van der Waals surface area contributed by atoms with Crippen LogP contribution in [0.25, 0.3) is 0 Å². The minimum Gasteiger partial charge on any atom is -0.348 e. The maximum absolute atomic E-state index is 14.2. The zero-order valence-electron chi connectivity index (χ0n) is 20.9. The lowest BCUT2D eigenvalue weighted by atomic mass is 9.48. The third-order valence-electron chi connectivity index (χ3n) is 8.70. The van der Waals surface area contributed by atoms with Crippen molar-refractivity contribution in [2.75, 3.05) is 4.90 Å². The van der Waals surface area contributed by atoms with E-state index in [-0.39, 0.29) is 29.6 Å². The number of hydrogen-bond acceptors (Lipinski definition) is 3. The second-order valence-electron chi connectivity index (χ2n) is 10.6. The quantitative estimate of drug-likeness (QED) is 0.383. The van der Waals surface area contributed by atoms with E-state index in [1.807, 2.05) is 61.5 Å². The molecule has 1 saturated heterocycles. The standard InChI is InChI=1S/C33H26N2O3/c1-33-28-25-13-7-5-11-23(25)27(24-12-6-8-14-26(24)28)29(33)31(37)35(32(33)38)22-17-15-21(16-18-22)30(36)34-19-20-9-3-2-4-10-20/h2-18,27-29H,19H2,1H3,(H,34,36). The second kappa shape index (κ2) is 8.25. The molecule has 0 saturated carbocycles. The molecule has 2 atom stereocenters. The second-order valence-corrected chi connectivity index (χ2v) is 10.6. The van der Waals surface area contributed by atoms with E-state index in [4.69, 9.17) is 0 Å². The molecule has 4 aromatic carbocycles. The van der Waals surface area contributed by atoms with Crippen molar-refractivity contribution in [2.45, 2.75) is 25.3 Å². The molecule has 1 heterocycles. The smallest absolute Gasteiger partial charge is 0.251 e. The van der Waals surface area contributed by atoms with E-state index in [1.54, 1.807) is 24.3 Å². The Morgan fingerprint density at radius 1 is 0.763 bits per heavy atom. The van der Waals surface area contributed by atoms with Crippen LogP contribution in [-0.4, -0.2) is 17.7 Å². The van der Waals surface area contributed by atoms with Gasteiger partial charge in [0.2, 0.25) is 11.8 Å². The molecule has 4 aliphatic rings. The number of nitrogens with zero attached hydrogens (tertiary/aromatic N) is 1. The van der Waals surface area contributed by atoms with Crippen molar-refractivity contribution >= 4 is 23.4 Å². The minimum absolute atomic E-state index is 0.165. The molecule has 1 N–H and O–H groups in total. The van der Waals surface area contributed by atoms with Crippen molar-refractivity contribution in [1.82, 2.24) is 5.32 Å². The van der Waals surface area contributed by atoms with Crippen LogP contribution in [0.3, 0.4) is 0 Å². The summed E-state index contributed by atoms with van der Waals surface area (Å²) >= 11 is 0. The van der Waals surface area contributed by atoms with Crippen molar-refractivity contribution in [3.63, 3.8) is 0 Å². The Balaban J connectivity index is 1.22. The molecule has 2 bridgehead atoms. The molecule has 38 heavy (non-hydrogen) atoms. The third-order valence-corrected chi connectivity index (χ3v) is 8.70. The summed E-state index contributed by atoms with van der Waals surface area (Å²) in [4.78, 5) is 42.3. The van der Waals surface area contributed by atoms with Gasteiger partial charge in [0.15, 0.2) is 0 Å². The van der Waals surface area contributed by atoms with Gasteiger partial charge in [0, 0.05) is 23.9 Å². The Morgan fingerprint density at radius 2 is 1.32 bits per heavy atom. The molecule has 5 nitrogen and oxygen atoms in total. The van der Waals surface area contributed by atoms with Crippen LogP contribution >= 0.6 is 0 Å². The highest BCUT2D eigenvalue weighted by atomic mass is 16.2. The Labute approximate surface area is 221 Å². The molecule has 2 unspecified atom stereocenters. The van der Waals surface area contributed by atoms with Crippen LogP contribution < -0.4 is 10.2 Å². The van der Waals surface area contributed by atoms with Gasteiger partial charge in [-0.2, -0.15) is 0 Å². The number of anilines is 1. The van der Waals surface area contributed by atoms with Crippen LogP contribution in [0.4, 0.5) is 5.69 Å². The molecule has 1 fully saturated rings. The van der Waals surface area contributed by atoms with Crippen LogP contribution in [0.2, 0.25) is 0 Å². The predicted octanol–water partition coefficient (Wildman–Crippen LogP) is 5.40. The van der Waals surface area contributed by atoms with Gasteiger partial charge in [0.05, 0.1) is 17.0 Å². The number of imide groups is 1. The average molecular weight is 499 g/mol. The largest absolute Gasteiger partial charge is 0.348 e. The summed E-state index contributed by atoms with van der Waals surface area (Å²) in [6.07, 6.45) is 0. The van der Waals surface area contributed by atoms with Gasteiger partial charge >= 0.3 is 0 Å². The van der Waals surface area contributed by atoms with Gasteiger partial charge in [-0.1, -0.05) is 78.9 Å². The monoisotopic (exact) mass is 498 g/mol. The fraction of sp³-hybridized carbons (Fsp3) is 0.182. The van der Waals surface area contributed by atoms with E-state index in [2.05, 4.69) is 29.6 Å². The summed E-state index contributed by atoms with van der Waals surface area (Å²) in [6, 6.07) is 33.0. The molecule has 8 rings (SSSR count). The highest BCUT2D eigenvalue weighted by Gasteiger charge is 2.68. The van der Waals surface area contributed by atoms with E-state index in [0.29, 0.717) is 17.8 Å². The Bertz CT molecular complexity index is 1560. The maximum atomic E-state index is 14.2. The molecule has 1 aliphatic heterocycles. The summed E-state index contributed by atoms with van der Waals surface area (Å²) in [6.45, 7) is 2.39. The first kappa shape index (κ1) is 22.7. The van der Waals surface area contributed by atoms with Crippen molar-refractivity contribution < 1.29 is 14.4 Å². The molecule has 3 amide bonds. The fourth-order valence-electron chi connectivity index (χ4n) is 7.00. The van der Waals surface area contributed by atoms with E-state index in [1.165, 1.54) is 4.90 Å². The third kappa shape index (κ3) is 3.02. The number of rotatable bonds is 4. The Kier molecular flexibility index (Phi) is 4.92. The molecule has 0 spiro atoms. The Morgan fingerprint density at radius 3 is 1.92 bits per heavy atom. The molecule has 186 valence electrons. The number of amides is 3. The van der Waals surface area contributed by atoms with Crippen molar-refractivity contribution in [3.8, 4) is 0 Å². The lowest BCUT2D eigenvalue weighted by molar-refractivity contribution is -0.128. The van der Waals surface area contributed by atoms with Gasteiger partial charge in [-0.05, 0) is 59.0 Å². The van der Waals surface area contributed by atoms with Gasteiger partial charge in [0.1, 0.15) is 0 Å². The zero-order valence-corrected chi connectivity index (χ0v) is 20.9. The molecule has 0 radical (unpaired) electrons. The first-order valence-electron chi connectivity index (χ1n) is 13.0. The summed E-state index contributed by atoms with van der Waals surface area (Å²) in [5, 5.41) is 2.92. The molecular formula is C33H26N2O3. The molecule has 3 aliphatic carbocycles. The lowest BCUT2D eigenvalue weighted by Gasteiger charge is -2.51. The number of hydrogen-bond donors (Lipinski definition) is 1. The lowest BCUT2D eigenvalue weighted by Crippen LogP contribution is -2.49. The van der Waals surface area contributed by atoms with Crippen molar-refractivity contribution in [3.05, 3.63) is 137 Å². The first-order valence-corrected chi connectivity index (χ1v) is 13.0. The highest BCUT2D eigenvalue weighted by molar-refractivity contribution is 6.25. The van der Waals surface area contributed by atoms with Gasteiger partial charge in [-0.3, -0.25) is 14.4 Å². The SMILES string of the molecule is CC12C(=O)N(c3ccc(C(=O)NCc4ccccc4)cc3)C(=O)C1C1c3ccccc3C2c2ccccc21. The highest BCUT2D eigenvalue weighted by Crippen LogP contribution is 2.67. The first-order chi connectivity index (χ1) is 18.5. The molecule has 0 aromatic heterocycles. The van der Waals surface area contributed by atoms with Crippen LogP contribution in [0, 0.1) is 11.3 Å². The van der Waals surface area contributed by atoms with Crippen LogP contribution in [-0.2, 0) is 16.1 Å². The summed E-state index contributed by atoms with van der Waals surface area (Å²) in [5.41, 5.74) is 5.69. The number of carbonyl (C=O) groups is 3. The van der Waals surface area contributed by atoms with Crippen LogP contribution in [0.1, 0.15) is 56.9 Å². The van der Waals surface area contributed by atoms with Crippen LogP contribution in [0.15, 0.2) is 103 Å². The predicted molar refractivity (Wildman–Crippen MR) is 145 cm³/mol. The number of nitrogens with one attached hydrogen (secondary N) is 1. The Hall–Kier alpha value is -4.51. The average Bonchev–Trinajstić information content (AvgIpc) is 3.17. The van der Waals surface area contributed by atoms with Gasteiger partial charge in [-0.25, -0.2) is 4.90 Å². The van der Waals surface area contributed by atoms with Gasteiger partial charge in [-0.15, -0.1) is 0 Å². The van der Waals surface area contributed by atoms with E-state index in [9.17, 15) is 14.4 Å². The topological polar surface area (TPSA) is 66.5 Å². The fourth-order valence-corrected chi connectivity index (χ4v) is 7.00. The number of carbonyl (C=O) groups excluding carboxylic acids is 3. The van der Waals surface area contributed by atoms with Crippen molar-refractivity contribution in [1.29, 1.82) is 0 Å². The molecule has 4 aromatic rings. The minimum atomic E-state index is -0.879. The molecule has 5 heteroatoms. The molecular weight excluding hydrogens is 472 g/mol. The summed E-state index contributed by atoms with van der Waals surface area (Å²) < 4.78 is 0. The maximum Gasteiger partial charge on any atom is 0.251 e. The zero-order chi connectivity index (χ0) is 26.0. The summed E-state index contributed by atoms with van der Waals surface area (Å²) in [7, 11) is 0.